The van der Waals surface area contributed by atoms with Crippen LogP contribution in [0.1, 0.15) is 394 Å². The SMILES string of the molecule is CC(C)CCC[C@H](C)CCOC1=C(OCC[C@@H](C)CCCC(C)C)c2cc3[nH]c(cc4[nH]c(cc5nc(cc1n2)C(OCC[C@@H](C)CCCC(C)C)=C5OCC[C@@H](C)CCCC(C)C)c(OCC[C@@H](C)CCCC(C)C)c4OCC[C@@H](C)CCCC(C)C)c(OCC[C@@H](C)CCCC(C)C)c3OCC[C@@H](C)CCCC(C)C. The number of H-pyrrole nitrogens is 2. The third-order valence-electron chi connectivity index (χ3n) is 23.6. The van der Waals surface area contributed by atoms with Crippen LogP contribution < -0.4 is 18.9 Å². The van der Waals surface area contributed by atoms with Crippen molar-refractivity contribution in [3.8, 4) is 23.0 Å². The molecule has 2 N–H and O–H groups in total. The van der Waals surface area contributed by atoms with E-state index >= 15 is 0 Å². The van der Waals surface area contributed by atoms with E-state index in [0.29, 0.717) is 216 Å². The zero-order valence-corrected chi connectivity index (χ0v) is 77.0. The maximum atomic E-state index is 7.36. The first kappa shape index (κ1) is 97.6. The van der Waals surface area contributed by atoms with Crippen LogP contribution in [0.3, 0.4) is 0 Å². The summed E-state index contributed by atoms with van der Waals surface area (Å²) >= 11 is 0. The van der Waals surface area contributed by atoms with Crippen LogP contribution in [0.15, 0.2) is 24.3 Å². The van der Waals surface area contributed by atoms with Gasteiger partial charge in [-0.1, -0.05) is 320 Å². The van der Waals surface area contributed by atoms with Gasteiger partial charge in [-0.25, -0.2) is 9.97 Å². The lowest BCUT2D eigenvalue weighted by molar-refractivity contribution is 0.216. The molecular weight excluding hydrogens is 1390 g/mol. The quantitative estimate of drug-likeness (QED) is 0.0563. The first-order valence-electron chi connectivity index (χ1n) is 46.8. The van der Waals surface area contributed by atoms with Crippen molar-refractivity contribution in [3.05, 3.63) is 47.0 Å². The summed E-state index contributed by atoms with van der Waals surface area (Å²) in [7, 11) is 0. The number of aromatic nitrogens is 4. The molecule has 3 aromatic rings. The second-order valence-corrected chi connectivity index (χ2v) is 39.4. The van der Waals surface area contributed by atoms with Gasteiger partial charge in [-0.15, -0.1) is 0 Å². The monoisotopic (exact) mass is 1560 g/mol. The molecule has 2 aliphatic heterocycles. The molecule has 12 heteroatoms. The second-order valence-electron chi connectivity index (χ2n) is 39.4. The zero-order valence-electron chi connectivity index (χ0n) is 77.0. The smallest absolute Gasteiger partial charge is 0.189 e. The molecule has 0 radical (unpaired) electrons. The molecule has 0 spiro atoms. The normalized spacial score (nSPS) is 15.1. The van der Waals surface area contributed by atoms with Gasteiger partial charge in [0.1, 0.15) is 22.8 Å². The lowest BCUT2D eigenvalue weighted by Gasteiger charge is -2.17. The largest absolute Gasteiger partial charge is 0.488 e. The van der Waals surface area contributed by atoms with E-state index in [-0.39, 0.29) is 0 Å². The van der Waals surface area contributed by atoms with Crippen LogP contribution in [0.5, 0.6) is 23.0 Å². The second kappa shape index (κ2) is 54.1. The first-order valence-corrected chi connectivity index (χ1v) is 46.8. The van der Waals surface area contributed by atoms with Crippen LogP contribution in [0, 0.1) is 94.7 Å². The minimum Gasteiger partial charge on any atom is -0.488 e. The molecule has 0 fully saturated rings. The molecule has 0 amide bonds. The molecule has 8 atom stereocenters. The molecule has 642 valence electrons. The maximum Gasteiger partial charge on any atom is 0.189 e. The van der Waals surface area contributed by atoms with Gasteiger partial charge in [0, 0.05) is 0 Å². The van der Waals surface area contributed by atoms with Crippen molar-refractivity contribution >= 4 is 45.1 Å². The van der Waals surface area contributed by atoms with E-state index in [0.717, 1.165) is 125 Å². The van der Waals surface area contributed by atoms with Crippen molar-refractivity contribution < 1.29 is 37.9 Å². The number of nitrogens with zero attached hydrogens (tertiary/aromatic N) is 2. The highest BCUT2D eigenvalue weighted by molar-refractivity contribution is 5.92. The van der Waals surface area contributed by atoms with Crippen LogP contribution in [0.25, 0.3) is 45.1 Å². The highest BCUT2D eigenvalue weighted by Crippen LogP contribution is 2.45. The highest BCUT2D eigenvalue weighted by Gasteiger charge is 2.31. The number of hydrogen-bond donors (Lipinski definition) is 2. The predicted octanol–water partition coefficient (Wildman–Crippen LogP) is 30.4. The van der Waals surface area contributed by atoms with E-state index in [1.807, 2.05) is 0 Å². The molecule has 8 bridgehead atoms. The van der Waals surface area contributed by atoms with Crippen molar-refractivity contribution in [2.75, 3.05) is 52.9 Å². The predicted molar refractivity (Wildman–Crippen MR) is 480 cm³/mol. The molecule has 0 aliphatic carbocycles. The van der Waals surface area contributed by atoms with Crippen LogP contribution in [-0.2, 0) is 18.9 Å². The average Bonchev–Trinajstić information content (AvgIpc) is 1.61. The molecule has 0 aromatic carbocycles. The van der Waals surface area contributed by atoms with Gasteiger partial charge >= 0.3 is 0 Å². The Morgan fingerprint density at radius 1 is 0.196 bits per heavy atom. The van der Waals surface area contributed by atoms with Gasteiger partial charge in [0.05, 0.1) is 74.9 Å². The van der Waals surface area contributed by atoms with Crippen LogP contribution in [0.4, 0.5) is 0 Å². The standard InChI is InChI=1S/C100H174N4O8/c1-69(2)33-25-41-77(17)49-57-105-93-85-65-87-95(107-59-51-79(19)43-27-35-71(5)6)97(109-61-53-81(21)45-29-37-73(9)10)89(102-87)67-91-99(111-63-55-83(23)47-31-39-75(13)14)100(112-64-56-84(24)48-32-40-76(15)16)92(104-91)68-90-98(110-62-54-82(22)46-30-38-74(11)12)96(108-60-52-80(20)44-28-36-72(7)8)88(103-90)66-86(101-85)94(93)106-58-50-78(18)42-26-34-70(3)4/h65-84,101-102H,25-64H2,1-24H3/t77-,78-,79-,80-,81-,82-,83-,84-/m0/s1. The van der Waals surface area contributed by atoms with Gasteiger partial charge in [0.25, 0.3) is 0 Å². The number of fused-ring (bicyclic) bond motifs is 8. The average molecular weight is 1560 g/mol. The minimum atomic E-state index is 0.466. The highest BCUT2D eigenvalue weighted by atomic mass is 16.5. The lowest BCUT2D eigenvalue weighted by Crippen LogP contribution is -2.08. The Kier molecular flexibility index (Phi) is 47.1. The van der Waals surface area contributed by atoms with Crippen LogP contribution in [0.2, 0.25) is 0 Å². The van der Waals surface area contributed by atoms with E-state index in [2.05, 4.69) is 200 Å². The van der Waals surface area contributed by atoms with Gasteiger partial charge in [-0.05, 0) is 170 Å². The molecule has 3 aromatic heterocycles. The van der Waals surface area contributed by atoms with E-state index in [9.17, 15) is 0 Å². The number of nitrogens with one attached hydrogen (secondary N) is 2. The molecule has 0 unspecified atom stereocenters. The van der Waals surface area contributed by atoms with Crippen LogP contribution >= 0.6 is 0 Å². The number of ether oxygens (including phenoxy) is 8. The molecule has 12 nitrogen and oxygen atoms in total. The van der Waals surface area contributed by atoms with Gasteiger partial charge < -0.3 is 47.9 Å². The van der Waals surface area contributed by atoms with Gasteiger partial charge in [-0.2, -0.15) is 0 Å². The Morgan fingerprint density at radius 3 is 0.536 bits per heavy atom. The Labute approximate surface area is 688 Å². The van der Waals surface area contributed by atoms with Gasteiger partial charge in [0.2, 0.25) is 0 Å². The maximum absolute atomic E-state index is 7.36. The van der Waals surface area contributed by atoms with E-state index in [1.54, 1.807) is 0 Å². The third kappa shape index (κ3) is 38.8. The third-order valence-corrected chi connectivity index (χ3v) is 23.6. The minimum absolute atomic E-state index is 0.466. The number of rotatable bonds is 64. The number of aromatic amines is 2. The Hall–Kier alpha value is -5.00. The fraction of sp³-hybridized carbons (Fsp3) is 0.800. The Morgan fingerprint density at radius 2 is 0.357 bits per heavy atom. The summed E-state index contributed by atoms with van der Waals surface area (Å²) in [6.45, 7) is 60.4. The first-order chi connectivity index (χ1) is 53.5. The van der Waals surface area contributed by atoms with Crippen molar-refractivity contribution in [2.45, 2.75) is 372 Å². The summed E-state index contributed by atoms with van der Waals surface area (Å²) in [5, 5.41) is 0. The van der Waals surface area contributed by atoms with Crippen molar-refractivity contribution in [1.29, 1.82) is 0 Å². The summed E-state index contributed by atoms with van der Waals surface area (Å²) in [6.07, 6.45) is 35.8. The summed E-state index contributed by atoms with van der Waals surface area (Å²) in [5.41, 5.74) is 5.60. The molecule has 112 heavy (non-hydrogen) atoms. The number of hydrogen-bond acceptors (Lipinski definition) is 10. The van der Waals surface area contributed by atoms with Crippen molar-refractivity contribution in [3.63, 3.8) is 0 Å². The van der Waals surface area contributed by atoms with Gasteiger partial charge in [0.15, 0.2) is 46.0 Å². The molecule has 5 rings (SSSR count). The van der Waals surface area contributed by atoms with E-state index < -0.39 is 0 Å². The molecule has 0 saturated heterocycles. The Balaban J connectivity index is 2.01. The fourth-order valence-corrected chi connectivity index (χ4v) is 15.5. The van der Waals surface area contributed by atoms with Crippen LogP contribution in [-0.4, -0.2) is 72.8 Å². The van der Waals surface area contributed by atoms with Crippen molar-refractivity contribution in [2.24, 2.45) is 94.7 Å². The molecular formula is C100H174N4O8. The van der Waals surface area contributed by atoms with E-state index in [4.69, 9.17) is 47.9 Å². The fourth-order valence-electron chi connectivity index (χ4n) is 15.5. The van der Waals surface area contributed by atoms with Gasteiger partial charge in [-0.3, -0.25) is 0 Å². The summed E-state index contributed by atoms with van der Waals surface area (Å²) < 4.78 is 58.8. The topological polar surface area (TPSA) is 131 Å². The molecule has 5 heterocycles. The lowest BCUT2D eigenvalue weighted by atomic mass is 9.97. The summed E-state index contributed by atoms with van der Waals surface area (Å²) in [4.78, 5) is 19.5. The van der Waals surface area contributed by atoms with Crippen molar-refractivity contribution in [1.82, 2.24) is 19.9 Å². The molecule has 2 aliphatic rings. The molecule has 0 saturated carbocycles. The zero-order chi connectivity index (χ0) is 82.1. The summed E-state index contributed by atoms with van der Waals surface area (Å²) in [5.74, 6) is 14.3. The Bertz CT molecular complexity index is 3050. The summed E-state index contributed by atoms with van der Waals surface area (Å²) in [6, 6.07) is 8.59. The van der Waals surface area contributed by atoms with E-state index in [1.165, 1.54) is 103 Å².